The molecule has 0 saturated carbocycles. The molecule has 0 bridgehead atoms. The van der Waals surface area contributed by atoms with Gasteiger partial charge in [-0.1, -0.05) is 10.3 Å². The number of tetrazole rings is 1. The lowest BCUT2D eigenvalue weighted by atomic mass is 10.6. The van der Waals surface area contributed by atoms with E-state index in [1.165, 1.54) is 0 Å². The van der Waals surface area contributed by atoms with Gasteiger partial charge in [-0.3, -0.25) is 4.99 Å². The average molecular weight is 187 g/mol. The van der Waals surface area contributed by atoms with Crippen LogP contribution in [0.1, 0.15) is 0 Å². The molecule has 8 heteroatoms. The van der Waals surface area contributed by atoms with Crippen molar-refractivity contribution in [1.29, 1.82) is 0 Å². The Labute approximate surface area is 73.4 Å². The van der Waals surface area contributed by atoms with Crippen molar-refractivity contribution in [2.75, 3.05) is 6.54 Å². The maximum Gasteiger partial charge on any atom is 0.238 e. The Morgan fingerprint density at radius 3 is 2.92 bits per heavy atom. The number of H-pyrrole nitrogens is 1. The third-order valence-corrected chi connectivity index (χ3v) is 1.45. The van der Waals surface area contributed by atoms with Crippen molar-refractivity contribution in [3.63, 3.8) is 0 Å². The van der Waals surface area contributed by atoms with Gasteiger partial charge in [-0.05, 0) is 12.2 Å². The van der Waals surface area contributed by atoms with Crippen molar-refractivity contribution in [3.8, 4) is 0 Å². The Morgan fingerprint density at radius 2 is 2.42 bits per heavy atom. The summed E-state index contributed by atoms with van der Waals surface area (Å²) in [5.41, 5.74) is 10.2. The van der Waals surface area contributed by atoms with E-state index in [4.69, 9.17) is 23.7 Å². The first kappa shape index (κ1) is 8.65. The molecule has 1 aromatic rings. The Morgan fingerprint density at radius 1 is 1.67 bits per heavy atom. The molecule has 0 aliphatic rings. The molecular weight excluding hydrogens is 178 g/mol. The van der Waals surface area contributed by atoms with Gasteiger partial charge in [-0.2, -0.15) is 5.21 Å². The molecular formula is C4H9N7S. The van der Waals surface area contributed by atoms with Crippen molar-refractivity contribution in [2.24, 2.45) is 16.5 Å². The van der Waals surface area contributed by atoms with Gasteiger partial charge in [0.25, 0.3) is 0 Å². The summed E-state index contributed by atoms with van der Waals surface area (Å²) in [7, 11) is 0. The normalized spacial score (nSPS) is 9.67. The number of rotatable bonds is 3. The number of aliphatic imine (C=N–C) groups is 1. The Balaban J connectivity index is 2.49. The Hall–Kier alpha value is -1.44. The first-order valence-electron chi connectivity index (χ1n) is 3.23. The summed E-state index contributed by atoms with van der Waals surface area (Å²) in [5, 5.41) is 9.65. The summed E-state index contributed by atoms with van der Waals surface area (Å²) in [6, 6.07) is 0. The van der Waals surface area contributed by atoms with Crippen molar-refractivity contribution in [1.82, 2.24) is 20.2 Å². The molecule has 1 rings (SSSR count). The van der Waals surface area contributed by atoms with Crippen LogP contribution in [0.3, 0.4) is 0 Å². The molecule has 0 aromatic carbocycles. The zero-order valence-electron chi connectivity index (χ0n) is 6.27. The molecule has 0 fully saturated rings. The zero-order valence-corrected chi connectivity index (χ0v) is 7.08. The van der Waals surface area contributed by atoms with Crippen molar-refractivity contribution >= 4 is 18.2 Å². The number of nitrogens with zero attached hydrogens (tertiary/aromatic N) is 4. The molecule has 0 saturated heterocycles. The lowest BCUT2D eigenvalue weighted by Gasteiger charge is -1.95. The van der Waals surface area contributed by atoms with Crippen LogP contribution >= 0.6 is 12.2 Å². The summed E-state index contributed by atoms with van der Waals surface area (Å²) in [4.78, 5) is 3.77. The molecule has 1 aromatic heterocycles. The third kappa shape index (κ3) is 2.31. The van der Waals surface area contributed by atoms with Gasteiger partial charge in [0.15, 0.2) is 5.96 Å². The molecule has 5 N–H and O–H groups in total. The molecule has 0 amide bonds. The number of aromatic amines is 1. The number of hydrogen-bond donors (Lipinski definition) is 3. The van der Waals surface area contributed by atoms with Gasteiger partial charge >= 0.3 is 0 Å². The first-order valence-corrected chi connectivity index (χ1v) is 3.64. The van der Waals surface area contributed by atoms with E-state index >= 15 is 0 Å². The van der Waals surface area contributed by atoms with Gasteiger partial charge in [0, 0.05) is 0 Å². The van der Waals surface area contributed by atoms with Gasteiger partial charge in [0.2, 0.25) is 4.77 Å². The summed E-state index contributed by atoms with van der Waals surface area (Å²) in [6.07, 6.45) is 0. The summed E-state index contributed by atoms with van der Waals surface area (Å²) in [6.45, 7) is 1.00. The molecule has 1 heterocycles. The quantitative estimate of drug-likeness (QED) is 0.306. The average Bonchev–Trinajstić information content (AvgIpc) is 2.36. The summed E-state index contributed by atoms with van der Waals surface area (Å²) >= 11 is 4.81. The van der Waals surface area contributed by atoms with Crippen LogP contribution in [0.2, 0.25) is 0 Å². The second-order valence-corrected chi connectivity index (χ2v) is 2.41. The van der Waals surface area contributed by atoms with Gasteiger partial charge in [0.05, 0.1) is 13.1 Å². The highest BCUT2D eigenvalue weighted by Crippen LogP contribution is 1.83. The summed E-state index contributed by atoms with van der Waals surface area (Å²) < 4.78 is 1.96. The van der Waals surface area contributed by atoms with Crippen LogP contribution in [0.25, 0.3) is 0 Å². The van der Waals surface area contributed by atoms with Crippen LogP contribution in [0.15, 0.2) is 4.99 Å². The van der Waals surface area contributed by atoms with E-state index in [0.717, 1.165) is 0 Å². The standard InChI is InChI=1S/C4H9N7S/c5-3(6)7-1-2-11-4(12)8-9-10-11/h1-2H2,(H4,5,6,7)(H,8,10,12). The van der Waals surface area contributed by atoms with Crippen LogP contribution in [-0.2, 0) is 6.54 Å². The molecule has 0 radical (unpaired) electrons. The van der Waals surface area contributed by atoms with Gasteiger partial charge in [0.1, 0.15) is 0 Å². The predicted octanol–water partition coefficient (Wildman–Crippen LogP) is -1.39. The number of hydrogen-bond acceptors (Lipinski definition) is 4. The van der Waals surface area contributed by atoms with Crippen LogP contribution < -0.4 is 11.5 Å². The van der Waals surface area contributed by atoms with E-state index in [1.807, 2.05) is 0 Å². The van der Waals surface area contributed by atoms with Crippen LogP contribution in [-0.4, -0.2) is 32.7 Å². The minimum Gasteiger partial charge on any atom is -0.370 e. The largest absolute Gasteiger partial charge is 0.370 e. The molecule has 0 aliphatic carbocycles. The van der Waals surface area contributed by atoms with Crippen molar-refractivity contribution in [2.45, 2.75) is 6.54 Å². The second kappa shape index (κ2) is 3.81. The molecule has 0 spiro atoms. The summed E-state index contributed by atoms with van der Waals surface area (Å²) in [5.74, 6) is 0.0639. The monoisotopic (exact) mass is 187 g/mol. The number of nitrogens with two attached hydrogens (primary N) is 2. The molecule has 66 valence electrons. The maximum absolute atomic E-state index is 5.12. The zero-order chi connectivity index (χ0) is 8.97. The van der Waals surface area contributed by atoms with E-state index in [2.05, 4.69) is 20.5 Å². The Bertz CT molecular complexity index is 318. The highest BCUT2D eigenvalue weighted by Gasteiger charge is 1.92. The molecule has 12 heavy (non-hydrogen) atoms. The van der Waals surface area contributed by atoms with E-state index in [1.54, 1.807) is 4.68 Å². The van der Waals surface area contributed by atoms with E-state index in [-0.39, 0.29) is 5.96 Å². The van der Waals surface area contributed by atoms with Gasteiger partial charge < -0.3 is 11.5 Å². The van der Waals surface area contributed by atoms with Crippen LogP contribution in [0, 0.1) is 4.77 Å². The van der Waals surface area contributed by atoms with E-state index in [9.17, 15) is 0 Å². The van der Waals surface area contributed by atoms with Crippen molar-refractivity contribution in [3.05, 3.63) is 4.77 Å². The van der Waals surface area contributed by atoms with Gasteiger partial charge in [-0.25, -0.2) is 4.68 Å². The predicted molar refractivity (Wildman–Crippen MR) is 45.9 cm³/mol. The fraction of sp³-hybridized carbons (Fsp3) is 0.500. The fourth-order valence-corrected chi connectivity index (χ4v) is 0.814. The topological polar surface area (TPSA) is 111 Å². The minimum atomic E-state index is 0.0639. The molecule has 7 nitrogen and oxygen atoms in total. The number of guanidine groups is 1. The highest BCUT2D eigenvalue weighted by molar-refractivity contribution is 7.71. The maximum atomic E-state index is 5.12. The molecule has 0 atom stereocenters. The second-order valence-electron chi connectivity index (χ2n) is 2.04. The van der Waals surface area contributed by atoms with E-state index in [0.29, 0.717) is 17.9 Å². The SMILES string of the molecule is NC(N)=NCCn1[nH]nnc1=S. The third-order valence-electron chi connectivity index (χ3n) is 1.15. The lowest BCUT2D eigenvalue weighted by molar-refractivity contribution is 0.592. The Kier molecular flexibility index (Phi) is 2.75. The highest BCUT2D eigenvalue weighted by atomic mass is 32.1. The van der Waals surface area contributed by atoms with Crippen molar-refractivity contribution < 1.29 is 0 Å². The molecule has 0 aliphatic heterocycles. The number of aromatic nitrogens is 4. The first-order chi connectivity index (χ1) is 5.70. The van der Waals surface area contributed by atoms with Crippen LogP contribution in [0.5, 0.6) is 0 Å². The lowest BCUT2D eigenvalue weighted by Crippen LogP contribution is -2.23. The van der Waals surface area contributed by atoms with Crippen LogP contribution in [0.4, 0.5) is 0 Å². The smallest absolute Gasteiger partial charge is 0.238 e. The fourth-order valence-electron chi connectivity index (χ4n) is 0.641. The minimum absolute atomic E-state index is 0.0639. The molecule has 0 unspecified atom stereocenters. The number of nitrogens with one attached hydrogen (secondary N) is 1. The van der Waals surface area contributed by atoms with Gasteiger partial charge in [-0.15, -0.1) is 0 Å². The van der Waals surface area contributed by atoms with E-state index < -0.39 is 0 Å².